The number of aryl methyl sites for hydroxylation is 1. The number of carbonyl (C=O) groups excluding carboxylic acids is 1. The normalized spacial score (nSPS) is 17.1. The molecule has 25 heavy (non-hydrogen) atoms. The van der Waals surface area contributed by atoms with Crippen molar-refractivity contribution in [2.45, 2.75) is 26.3 Å². The predicted molar refractivity (Wildman–Crippen MR) is 94.6 cm³/mol. The van der Waals surface area contributed by atoms with Gasteiger partial charge in [0.2, 0.25) is 5.91 Å². The number of H-pyrrole nitrogens is 1. The molecular formula is C18H23N3O4. The minimum atomic E-state index is -0.483. The second-order valence-corrected chi connectivity index (χ2v) is 6.34. The highest BCUT2D eigenvalue weighted by atomic mass is 16.5. The van der Waals surface area contributed by atoms with Crippen molar-refractivity contribution < 1.29 is 9.53 Å². The molecule has 7 heteroatoms. The number of nitrogens with one attached hydrogen (secondary N) is 1. The average molecular weight is 345 g/mol. The van der Waals surface area contributed by atoms with E-state index in [0.29, 0.717) is 36.5 Å². The van der Waals surface area contributed by atoms with Gasteiger partial charge in [0, 0.05) is 38.6 Å². The van der Waals surface area contributed by atoms with Crippen LogP contribution in [0.5, 0.6) is 0 Å². The zero-order chi connectivity index (χ0) is 17.8. The summed E-state index contributed by atoms with van der Waals surface area (Å²) < 4.78 is 6.83. The number of aromatic amines is 1. The molecule has 0 saturated carbocycles. The van der Waals surface area contributed by atoms with E-state index in [9.17, 15) is 14.4 Å². The first kappa shape index (κ1) is 17.4. The van der Waals surface area contributed by atoms with E-state index >= 15 is 0 Å². The number of hydrogen-bond acceptors (Lipinski definition) is 4. The summed E-state index contributed by atoms with van der Waals surface area (Å²) in [4.78, 5) is 40.7. The zero-order valence-electron chi connectivity index (χ0n) is 14.4. The number of carbonyl (C=O) groups is 1. The molecule has 0 spiro atoms. The lowest BCUT2D eigenvalue weighted by atomic mass is 10.1. The van der Waals surface area contributed by atoms with Crippen LogP contribution in [0.4, 0.5) is 0 Å². The smallest absolute Gasteiger partial charge is 0.328 e. The summed E-state index contributed by atoms with van der Waals surface area (Å²) in [5.74, 6) is 0.400. The predicted octanol–water partition coefficient (Wildman–Crippen LogP) is 0.965. The lowest BCUT2D eigenvalue weighted by Crippen LogP contribution is -2.37. The summed E-state index contributed by atoms with van der Waals surface area (Å²) in [5.41, 5.74) is -0.334. The molecule has 1 amide bonds. The van der Waals surface area contributed by atoms with E-state index in [1.165, 1.54) is 4.57 Å². The van der Waals surface area contributed by atoms with Gasteiger partial charge < -0.3 is 9.64 Å². The molecule has 1 atom stereocenters. The van der Waals surface area contributed by atoms with Crippen LogP contribution in [0.25, 0.3) is 10.9 Å². The quantitative estimate of drug-likeness (QED) is 0.845. The Morgan fingerprint density at radius 1 is 1.36 bits per heavy atom. The number of nitrogens with zero attached hydrogens (tertiary/aromatic N) is 2. The monoisotopic (exact) mass is 345 g/mol. The minimum absolute atomic E-state index is 0.0107. The van der Waals surface area contributed by atoms with Gasteiger partial charge in [-0.3, -0.25) is 19.1 Å². The van der Waals surface area contributed by atoms with Crippen LogP contribution in [0, 0.1) is 5.92 Å². The van der Waals surface area contributed by atoms with Crippen LogP contribution in [0.15, 0.2) is 33.9 Å². The molecule has 7 nitrogen and oxygen atoms in total. The van der Waals surface area contributed by atoms with Gasteiger partial charge in [-0.2, -0.15) is 0 Å². The molecule has 0 unspecified atom stereocenters. The van der Waals surface area contributed by atoms with Crippen molar-refractivity contribution in [2.75, 3.05) is 26.3 Å². The maximum atomic E-state index is 12.5. The van der Waals surface area contributed by atoms with Crippen molar-refractivity contribution in [3.8, 4) is 0 Å². The number of fused-ring (bicyclic) bond motifs is 1. The molecule has 2 aromatic rings. The Kier molecular flexibility index (Phi) is 5.33. The molecule has 3 rings (SSSR count). The van der Waals surface area contributed by atoms with Gasteiger partial charge in [-0.05, 0) is 25.5 Å². The molecule has 1 saturated heterocycles. The van der Waals surface area contributed by atoms with E-state index in [1.54, 1.807) is 24.3 Å². The fraction of sp³-hybridized carbons (Fsp3) is 0.500. The van der Waals surface area contributed by atoms with Gasteiger partial charge in [0.25, 0.3) is 5.56 Å². The topological polar surface area (TPSA) is 84.4 Å². The Balaban J connectivity index is 1.74. The molecule has 0 radical (unpaired) electrons. The first-order valence-corrected chi connectivity index (χ1v) is 8.67. The van der Waals surface area contributed by atoms with Crippen LogP contribution in [-0.2, 0) is 16.1 Å². The highest BCUT2D eigenvalue weighted by Crippen LogP contribution is 2.15. The van der Waals surface area contributed by atoms with Crippen molar-refractivity contribution >= 4 is 16.8 Å². The van der Waals surface area contributed by atoms with Crippen LogP contribution < -0.4 is 11.2 Å². The van der Waals surface area contributed by atoms with Crippen molar-refractivity contribution in [1.82, 2.24) is 14.5 Å². The summed E-state index contributed by atoms with van der Waals surface area (Å²) >= 11 is 0. The molecule has 1 fully saturated rings. The standard InChI is InChI=1S/C18H23N3O4/c1-2-20(11-13-8-10-25-12-13)16(22)7-9-21-15-6-4-3-5-14(15)17(23)19-18(21)24/h3-6,13H,2,7-12H2,1H3,(H,19,23,24)/t13-/m1/s1. The highest BCUT2D eigenvalue weighted by Gasteiger charge is 2.21. The first-order valence-electron chi connectivity index (χ1n) is 8.67. The van der Waals surface area contributed by atoms with E-state index in [0.717, 1.165) is 13.0 Å². The summed E-state index contributed by atoms with van der Waals surface area (Å²) in [6, 6.07) is 6.92. The van der Waals surface area contributed by atoms with Crippen LogP contribution in [0.2, 0.25) is 0 Å². The molecule has 1 aliphatic heterocycles. The second-order valence-electron chi connectivity index (χ2n) is 6.34. The van der Waals surface area contributed by atoms with Gasteiger partial charge in [-0.15, -0.1) is 0 Å². The van der Waals surface area contributed by atoms with E-state index in [-0.39, 0.29) is 18.9 Å². The van der Waals surface area contributed by atoms with E-state index in [4.69, 9.17) is 4.74 Å². The first-order chi connectivity index (χ1) is 12.1. The second kappa shape index (κ2) is 7.65. The number of rotatable bonds is 6. The molecule has 0 aliphatic carbocycles. The Hall–Kier alpha value is -2.41. The molecule has 2 heterocycles. The number of hydrogen-bond donors (Lipinski definition) is 1. The van der Waals surface area contributed by atoms with Crippen LogP contribution in [0.1, 0.15) is 19.8 Å². The summed E-state index contributed by atoms with van der Waals surface area (Å²) in [5, 5.41) is 0.449. The summed E-state index contributed by atoms with van der Waals surface area (Å²) in [6.07, 6.45) is 1.20. The third kappa shape index (κ3) is 3.82. The molecule has 1 aromatic carbocycles. The van der Waals surface area contributed by atoms with Gasteiger partial charge >= 0.3 is 5.69 Å². The van der Waals surface area contributed by atoms with Crippen molar-refractivity contribution in [3.05, 3.63) is 45.1 Å². The van der Waals surface area contributed by atoms with Gasteiger partial charge in [-0.1, -0.05) is 12.1 Å². The Labute approximate surface area is 145 Å². The molecule has 1 N–H and O–H groups in total. The Morgan fingerprint density at radius 3 is 2.88 bits per heavy atom. The van der Waals surface area contributed by atoms with Gasteiger partial charge in [0.15, 0.2) is 0 Å². The Bertz CT molecular complexity index is 864. The largest absolute Gasteiger partial charge is 0.381 e. The number of aromatic nitrogens is 2. The molecule has 0 bridgehead atoms. The zero-order valence-corrected chi connectivity index (χ0v) is 14.4. The van der Waals surface area contributed by atoms with Crippen LogP contribution >= 0.6 is 0 Å². The van der Waals surface area contributed by atoms with Gasteiger partial charge in [0.05, 0.1) is 17.5 Å². The fourth-order valence-corrected chi connectivity index (χ4v) is 3.28. The number of ether oxygens (including phenoxy) is 1. The molecule has 1 aliphatic rings. The third-order valence-corrected chi connectivity index (χ3v) is 4.69. The summed E-state index contributed by atoms with van der Waals surface area (Å²) in [7, 11) is 0. The van der Waals surface area contributed by atoms with E-state index < -0.39 is 11.2 Å². The van der Waals surface area contributed by atoms with E-state index in [1.807, 2.05) is 11.8 Å². The van der Waals surface area contributed by atoms with Crippen molar-refractivity contribution in [1.29, 1.82) is 0 Å². The number of benzene rings is 1. The lowest BCUT2D eigenvalue weighted by Gasteiger charge is -2.24. The van der Waals surface area contributed by atoms with Crippen LogP contribution in [-0.4, -0.2) is 46.7 Å². The maximum absolute atomic E-state index is 12.5. The van der Waals surface area contributed by atoms with E-state index in [2.05, 4.69) is 4.98 Å². The summed E-state index contributed by atoms with van der Waals surface area (Å²) in [6.45, 7) is 4.98. The van der Waals surface area contributed by atoms with Gasteiger partial charge in [0.1, 0.15) is 0 Å². The Morgan fingerprint density at radius 2 is 2.16 bits per heavy atom. The minimum Gasteiger partial charge on any atom is -0.381 e. The molecule has 1 aromatic heterocycles. The third-order valence-electron chi connectivity index (χ3n) is 4.69. The van der Waals surface area contributed by atoms with Crippen LogP contribution in [0.3, 0.4) is 0 Å². The highest BCUT2D eigenvalue weighted by molar-refractivity contribution is 5.78. The van der Waals surface area contributed by atoms with Gasteiger partial charge in [-0.25, -0.2) is 4.79 Å². The number of para-hydroxylation sites is 1. The number of amides is 1. The fourth-order valence-electron chi connectivity index (χ4n) is 3.28. The SMILES string of the molecule is CCN(C[C@H]1CCOC1)C(=O)CCn1c(=O)[nH]c(=O)c2ccccc21. The van der Waals surface area contributed by atoms with Crippen molar-refractivity contribution in [3.63, 3.8) is 0 Å². The van der Waals surface area contributed by atoms with Crippen molar-refractivity contribution in [2.24, 2.45) is 5.92 Å². The maximum Gasteiger partial charge on any atom is 0.328 e. The average Bonchev–Trinajstić information content (AvgIpc) is 3.12. The molecular weight excluding hydrogens is 322 g/mol. The lowest BCUT2D eigenvalue weighted by molar-refractivity contribution is -0.131. The molecule has 134 valence electrons.